The lowest BCUT2D eigenvalue weighted by Crippen LogP contribution is -2.09. The fraction of sp³-hybridized carbons (Fsp3) is 0.235. The minimum absolute atomic E-state index is 0.0510. The van der Waals surface area contributed by atoms with Crippen LogP contribution in [0.15, 0.2) is 48.5 Å². The lowest BCUT2D eigenvalue weighted by molar-refractivity contribution is 0.0992. The first-order chi connectivity index (χ1) is 9.61. The van der Waals surface area contributed by atoms with Crippen LogP contribution in [0.1, 0.15) is 24.2 Å². The second-order valence-corrected chi connectivity index (χ2v) is 5.17. The highest BCUT2D eigenvalue weighted by molar-refractivity contribution is 6.33. The average Bonchev–Trinajstić information content (AvgIpc) is 2.48. The summed E-state index contributed by atoms with van der Waals surface area (Å²) < 4.78 is 5.41. The van der Waals surface area contributed by atoms with Crippen molar-refractivity contribution < 1.29 is 9.53 Å². The summed E-state index contributed by atoms with van der Waals surface area (Å²) in [6.45, 7) is 4.30. The molecule has 3 heteroatoms. The fourth-order valence-electron chi connectivity index (χ4n) is 1.97. The molecule has 2 nitrogen and oxygen atoms in total. The van der Waals surface area contributed by atoms with E-state index in [2.05, 4.69) is 0 Å². The summed E-state index contributed by atoms with van der Waals surface area (Å²) in [5, 5.41) is -0.494. The minimum atomic E-state index is -0.494. The molecule has 0 aliphatic carbocycles. The smallest absolute Gasteiger partial charge is 0.180 e. The Morgan fingerprint density at radius 3 is 2.00 bits per heavy atom. The van der Waals surface area contributed by atoms with Gasteiger partial charge in [0.2, 0.25) is 0 Å². The van der Waals surface area contributed by atoms with Crippen molar-refractivity contribution in [2.45, 2.75) is 19.2 Å². The van der Waals surface area contributed by atoms with Crippen LogP contribution >= 0.6 is 11.6 Å². The van der Waals surface area contributed by atoms with Gasteiger partial charge >= 0.3 is 0 Å². The Kier molecular flexibility index (Phi) is 4.80. The van der Waals surface area contributed by atoms with Crippen LogP contribution < -0.4 is 4.74 Å². The number of hydrogen-bond acceptors (Lipinski definition) is 2. The second kappa shape index (κ2) is 6.58. The molecule has 104 valence electrons. The molecular formula is C17H17ClO2. The first-order valence-corrected chi connectivity index (χ1v) is 7.07. The van der Waals surface area contributed by atoms with Crippen LogP contribution in [-0.2, 0) is 0 Å². The average molecular weight is 289 g/mol. The summed E-state index contributed by atoms with van der Waals surface area (Å²) in [5.74, 6) is 0.809. The molecule has 2 aromatic rings. The third-order valence-electron chi connectivity index (χ3n) is 3.03. The van der Waals surface area contributed by atoms with Gasteiger partial charge < -0.3 is 4.74 Å². The second-order valence-electron chi connectivity index (χ2n) is 4.51. The largest absolute Gasteiger partial charge is 0.494 e. The molecule has 0 aromatic heterocycles. The topological polar surface area (TPSA) is 26.3 Å². The standard InChI is InChI=1S/C17H17ClO2/c1-3-20-16-10-8-14(9-11-16)13-4-6-15(7-5-13)17(19)12(2)18/h4-12H,3H2,1-2H3. The van der Waals surface area contributed by atoms with Crippen molar-refractivity contribution in [3.05, 3.63) is 54.1 Å². The number of hydrogen-bond donors (Lipinski definition) is 0. The number of ether oxygens (including phenoxy) is 1. The molecule has 1 unspecified atom stereocenters. The highest BCUT2D eigenvalue weighted by atomic mass is 35.5. The SMILES string of the molecule is CCOc1ccc(-c2ccc(C(=O)C(C)Cl)cc2)cc1. The van der Waals surface area contributed by atoms with E-state index in [0.29, 0.717) is 12.2 Å². The Hall–Kier alpha value is -1.80. The predicted octanol–water partition coefficient (Wildman–Crippen LogP) is 4.56. The van der Waals surface area contributed by atoms with Gasteiger partial charge in [-0.2, -0.15) is 0 Å². The van der Waals surface area contributed by atoms with Crippen molar-refractivity contribution in [1.82, 2.24) is 0 Å². The molecule has 20 heavy (non-hydrogen) atoms. The Labute approximate surface area is 124 Å². The molecule has 2 aromatic carbocycles. The first-order valence-electron chi connectivity index (χ1n) is 6.63. The Bertz CT molecular complexity index is 571. The van der Waals surface area contributed by atoms with Crippen LogP contribution in [0.3, 0.4) is 0 Å². The highest BCUT2D eigenvalue weighted by Gasteiger charge is 2.11. The normalized spacial score (nSPS) is 11.9. The van der Waals surface area contributed by atoms with Gasteiger partial charge in [-0.1, -0.05) is 36.4 Å². The Morgan fingerprint density at radius 2 is 1.55 bits per heavy atom. The number of Topliss-reactive ketones (excluding diaryl/α,β-unsaturated/α-hetero) is 1. The highest BCUT2D eigenvalue weighted by Crippen LogP contribution is 2.23. The van der Waals surface area contributed by atoms with Crippen molar-refractivity contribution in [2.75, 3.05) is 6.61 Å². The lowest BCUT2D eigenvalue weighted by atomic mass is 10.0. The molecular weight excluding hydrogens is 272 g/mol. The number of carbonyl (C=O) groups is 1. The number of ketones is 1. The number of alkyl halides is 1. The fourth-order valence-corrected chi connectivity index (χ4v) is 2.09. The van der Waals surface area contributed by atoms with Crippen LogP contribution in [0.5, 0.6) is 5.75 Å². The Morgan fingerprint density at radius 1 is 1.05 bits per heavy atom. The van der Waals surface area contributed by atoms with E-state index in [9.17, 15) is 4.79 Å². The molecule has 0 amide bonds. The van der Waals surface area contributed by atoms with Crippen LogP contribution in [0.25, 0.3) is 11.1 Å². The van der Waals surface area contributed by atoms with Gasteiger partial charge in [0.15, 0.2) is 5.78 Å². The van der Waals surface area contributed by atoms with Gasteiger partial charge in [0.05, 0.1) is 12.0 Å². The zero-order chi connectivity index (χ0) is 14.5. The monoisotopic (exact) mass is 288 g/mol. The molecule has 0 bridgehead atoms. The molecule has 0 spiro atoms. The van der Waals surface area contributed by atoms with E-state index in [1.165, 1.54) is 0 Å². The Balaban J connectivity index is 2.19. The molecule has 0 aliphatic heterocycles. The number of carbonyl (C=O) groups excluding carboxylic acids is 1. The molecule has 0 fully saturated rings. The summed E-state index contributed by atoms with van der Waals surface area (Å²) in [6.07, 6.45) is 0. The van der Waals surface area contributed by atoms with Gasteiger partial charge in [0.1, 0.15) is 5.75 Å². The van der Waals surface area contributed by atoms with Crippen LogP contribution in [-0.4, -0.2) is 17.8 Å². The number of halogens is 1. The third kappa shape index (κ3) is 3.40. The molecule has 0 N–H and O–H groups in total. The van der Waals surface area contributed by atoms with Gasteiger partial charge in [0.25, 0.3) is 0 Å². The van der Waals surface area contributed by atoms with E-state index < -0.39 is 5.38 Å². The van der Waals surface area contributed by atoms with Crippen molar-refractivity contribution >= 4 is 17.4 Å². The van der Waals surface area contributed by atoms with Crippen LogP contribution in [0, 0.1) is 0 Å². The molecule has 0 saturated heterocycles. The maximum absolute atomic E-state index is 11.8. The summed E-state index contributed by atoms with van der Waals surface area (Å²) in [5.41, 5.74) is 2.79. The van der Waals surface area contributed by atoms with Gasteiger partial charge in [-0.3, -0.25) is 4.79 Å². The maximum Gasteiger partial charge on any atom is 0.180 e. The van der Waals surface area contributed by atoms with Crippen LogP contribution in [0.4, 0.5) is 0 Å². The number of rotatable bonds is 5. The van der Waals surface area contributed by atoms with Crippen molar-refractivity contribution in [3.63, 3.8) is 0 Å². The lowest BCUT2D eigenvalue weighted by Gasteiger charge is -2.07. The number of benzene rings is 2. The molecule has 0 heterocycles. The van der Waals surface area contributed by atoms with E-state index in [0.717, 1.165) is 16.9 Å². The summed E-state index contributed by atoms with van der Waals surface area (Å²) >= 11 is 5.80. The molecule has 0 aliphatic rings. The molecule has 2 rings (SSSR count). The molecule has 1 atom stereocenters. The van der Waals surface area contributed by atoms with E-state index in [4.69, 9.17) is 16.3 Å². The van der Waals surface area contributed by atoms with Crippen molar-refractivity contribution in [1.29, 1.82) is 0 Å². The van der Waals surface area contributed by atoms with Crippen molar-refractivity contribution in [3.8, 4) is 16.9 Å². The van der Waals surface area contributed by atoms with E-state index in [1.807, 2.05) is 55.5 Å². The summed E-state index contributed by atoms with van der Waals surface area (Å²) in [7, 11) is 0. The zero-order valence-electron chi connectivity index (χ0n) is 11.6. The predicted molar refractivity (Wildman–Crippen MR) is 82.7 cm³/mol. The van der Waals surface area contributed by atoms with Crippen molar-refractivity contribution in [2.24, 2.45) is 0 Å². The first kappa shape index (κ1) is 14.6. The van der Waals surface area contributed by atoms with E-state index >= 15 is 0 Å². The van der Waals surface area contributed by atoms with Gasteiger partial charge in [-0.25, -0.2) is 0 Å². The third-order valence-corrected chi connectivity index (χ3v) is 3.23. The van der Waals surface area contributed by atoms with E-state index in [-0.39, 0.29) is 5.78 Å². The maximum atomic E-state index is 11.8. The summed E-state index contributed by atoms with van der Waals surface area (Å²) in [6, 6.07) is 15.4. The summed E-state index contributed by atoms with van der Waals surface area (Å²) in [4.78, 5) is 11.8. The van der Waals surface area contributed by atoms with Crippen LogP contribution in [0.2, 0.25) is 0 Å². The molecule has 0 radical (unpaired) electrons. The molecule has 0 saturated carbocycles. The van der Waals surface area contributed by atoms with E-state index in [1.54, 1.807) is 6.92 Å². The van der Waals surface area contributed by atoms with Gasteiger partial charge in [0, 0.05) is 5.56 Å². The zero-order valence-corrected chi connectivity index (χ0v) is 12.4. The quantitative estimate of drug-likeness (QED) is 0.595. The van der Waals surface area contributed by atoms with Gasteiger partial charge in [-0.05, 0) is 37.1 Å². The van der Waals surface area contributed by atoms with Gasteiger partial charge in [-0.15, -0.1) is 11.6 Å². The minimum Gasteiger partial charge on any atom is -0.494 e.